The molecule has 2 aromatic carbocycles. The highest BCUT2D eigenvalue weighted by molar-refractivity contribution is 5.76. The Hall–Kier alpha value is -2.43. The highest BCUT2D eigenvalue weighted by Crippen LogP contribution is 2.35. The third-order valence-corrected chi connectivity index (χ3v) is 6.12. The van der Waals surface area contributed by atoms with Gasteiger partial charge in [-0.15, -0.1) is 0 Å². The van der Waals surface area contributed by atoms with E-state index in [4.69, 9.17) is 5.21 Å². The summed E-state index contributed by atoms with van der Waals surface area (Å²) in [6.45, 7) is 5.43. The summed E-state index contributed by atoms with van der Waals surface area (Å²) in [7, 11) is 0. The Balaban J connectivity index is 1.39. The lowest BCUT2D eigenvalue weighted by Crippen LogP contribution is -2.31. The normalized spacial score (nSPS) is 16.1. The van der Waals surface area contributed by atoms with Gasteiger partial charge >= 0.3 is 0 Å². The molecule has 0 unspecified atom stereocenters. The van der Waals surface area contributed by atoms with E-state index in [0.29, 0.717) is 12.8 Å². The van der Waals surface area contributed by atoms with Crippen LogP contribution in [0.5, 0.6) is 0 Å². The lowest BCUT2D eigenvalue weighted by molar-refractivity contribution is -0.129. The predicted molar refractivity (Wildman–Crippen MR) is 111 cm³/mol. The fourth-order valence-electron chi connectivity index (χ4n) is 4.54. The molecule has 28 heavy (non-hydrogen) atoms. The van der Waals surface area contributed by atoms with Crippen LogP contribution in [0.25, 0.3) is 5.57 Å². The van der Waals surface area contributed by atoms with E-state index in [0.717, 1.165) is 44.5 Å². The summed E-state index contributed by atoms with van der Waals surface area (Å²) in [5.74, 6) is -0.333. The van der Waals surface area contributed by atoms with Crippen LogP contribution in [0, 0.1) is 0 Å². The van der Waals surface area contributed by atoms with Crippen LogP contribution in [0.2, 0.25) is 0 Å². The summed E-state index contributed by atoms with van der Waals surface area (Å²) in [5.41, 5.74) is 11.6. The molecule has 4 rings (SSSR count). The molecular formula is C24H28N2O2. The summed E-state index contributed by atoms with van der Waals surface area (Å²) < 4.78 is 0. The highest BCUT2D eigenvalue weighted by atomic mass is 16.5. The van der Waals surface area contributed by atoms with Crippen LogP contribution in [0.15, 0.2) is 48.0 Å². The maximum absolute atomic E-state index is 11.3. The zero-order chi connectivity index (χ0) is 19.5. The Morgan fingerprint density at radius 1 is 1.11 bits per heavy atom. The molecule has 4 heteroatoms. The number of carbonyl (C=O) groups is 1. The highest BCUT2D eigenvalue weighted by Gasteiger charge is 2.21. The molecule has 1 aliphatic carbocycles. The molecule has 0 spiro atoms. The zero-order valence-electron chi connectivity index (χ0n) is 16.5. The molecule has 1 amide bonds. The Kier molecular flexibility index (Phi) is 5.60. The first-order chi connectivity index (χ1) is 13.6. The van der Waals surface area contributed by atoms with Crippen LogP contribution in [-0.2, 0) is 30.6 Å². The molecule has 146 valence electrons. The van der Waals surface area contributed by atoms with E-state index in [-0.39, 0.29) is 5.91 Å². The van der Waals surface area contributed by atoms with E-state index >= 15 is 0 Å². The molecule has 0 fully saturated rings. The van der Waals surface area contributed by atoms with Crippen molar-refractivity contribution in [2.24, 2.45) is 0 Å². The average molecular weight is 377 g/mol. The van der Waals surface area contributed by atoms with Crippen molar-refractivity contribution in [3.63, 3.8) is 0 Å². The molecule has 1 heterocycles. The molecule has 0 radical (unpaired) electrons. The number of nitrogens with zero attached hydrogens (tertiary/aromatic N) is 1. The van der Waals surface area contributed by atoms with Gasteiger partial charge in [-0.05, 0) is 66.0 Å². The predicted octanol–water partition coefficient (Wildman–Crippen LogP) is 3.90. The number of carbonyl (C=O) groups excluding carboxylic acids is 1. The van der Waals surface area contributed by atoms with Crippen LogP contribution >= 0.6 is 0 Å². The number of hydrogen-bond acceptors (Lipinski definition) is 3. The summed E-state index contributed by atoms with van der Waals surface area (Å²) in [6.07, 6.45) is 4.25. The van der Waals surface area contributed by atoms with Gasteiger partial charge in [0.15, 0.2) is 0 Å². The molecule has 0 saturated heterocycles. The van der Waals surface area contributed by atoms with Crippen LogP contribution < -0.4 is 5.48 Å². The van der Waals surface area contributed by atoms with E-state index < -0.39 is 0 Å². The summed E-state index contributed by atoms with van der Waals surface area (Å²) >= 11 is 0. The minimum atomic E-state index is -0.333. The van der Waals surface area contributed by atoms with Gasteiger partial charge in [0.1, 0.15) is 0 Å². The smallest absolute Gasteiger partial charge is 0.243 e. The van der Waals surface area contributed by atoms with Gasteiger partial charge in [-0.25, -0.2) is 5.48 Å². The number of nitrogens with one attached hydrogen (secondary N) is 1. The van der Waals surface area contributed by atoms with Gasteiger partial charge in [0.2, 0.25) is 5.91 Å². The molecule has 2 aromatic rings. The molecule has 0 atom stereocenters. The van der Waals surface area contributed by atoms with Gasteiger partial charge in [0.25, 0.3) is 0 Å². The van der Waals surface area contributed by atoms with E-state index in [9.17, 15) is 4.79 Å². The number of fused-ring (bicyclic) bond motifs is 2. The summed E-state index contributed by atoms with van der Waals surface area (Å²) in [4.78, 5) is 13.8. The lowest BCUT2D eigenvalue weighted by atomic mass is 9.95. The number of hydroxylamine groups is 1. The third kappa shape index (κ3) is 4.03. The van der Waals surface area contributed by atoms with Crippen molar-refractivity contribution in [2.75, 3.05) is 13.1 Å². The van der Waals surface area contributed by atoms with Gasteiger partial charge < -0.3 is 0 Å². The quantitative estimate of drug-likeness (QED) is 0.594. The fourth-order valence-corrected chi connectivity index (χ4v) is 4.54. The Bertz CT molecular complexity index is 917. The number of hydrogen-bond donors (Lipinski definition) is 2. The second-order valence-corrected chi connectivity index (χ2v) is 8.01. The molecule has 2 N–H and O–H groups in total. The van der Waals surface area contributed by atoms with E-state index in [2.05, 4.69) is 54.3 Å². The van der Waals surface area contributed by atoms with Crippen molar-refractivity contribution < 1.29 is 10.0 Å². The van der Waals surface area contributed by atoms with Gasteiger partial charge in [-0.2, -0.15) is 0 Å². The maximum Gasteiger partial charge on any atom is 0.243 e. The van der Waals surface area contributed by atoms with Crippen molar-refractivity contribution in [1.29, 1.82) is 0 Å². The number of amides is 1. The topological polar surface area (TPSA) is 52.6 Å². The first-order valence-corrected chi connectivity index (χ1v) is 10.2. The van der Waals surface area contributed by atoms with Crippen LogP contribution in [0.3, 0.4) is 0 Å². The Morgan fingerprint density at radius 3 is 2.82 bits per heavy atom. The number of allylic oxidation sites excluding steroid dienone is 1. The van der Waals surface area contributed by atoms with Crippen molar-refractivity contribution in [1.82, 2.24) is 10.4 Å². The van der Waals surface area contributed by atoms with Gasteiger partial charge in [0, 0.05) is 26.1 Å². The van der Waals surface area contributed by atoms with Crippen molar-refractivity contribution in [3.05, 3.63) is 75.9 Å². The second-order valence-electron chi connectivity index (χ2n) is 8.01. The Morgan fingerprint density at radius 2 is 1.96 bits per heavy atom. The molecule has 4 nitrogen and oxygen atoms in total. The number of rotatable bonds is 6. The van der Waals surface area contributed by atoms with Gasteiger partial charge in [-0.1, -0.05) is 48.0 Å². The number of benzene rings is 2. The number of aryl methyl sites for hydroxylation is 1. The zero-order valence-corrected chi connectivity index (χ0v) is 16.5. The molecule has 0 bridgehead atoms. The van der Waals surface area contributed by atoms with Gasteiger partial charge in [0.05, 0.1) is 0 Å². The monoisotopic (exact) mass is 376 g/mol. The Labute approximate surface area is 166 Å². The first kappa shape index (κ1) is 18.9. The van der Waals surface area contributed by atoms with Gasteiger partial charge in [-0.3, -0.25) is 14.9 Å². The minimum absolute atomic E-state index is 0.311. The third-order valence-electron chi connectivity index (χ3n) is 6.12. The summed E-state index contributed by atoms with van der Waals surface area (Å²) in [5, 5.41) is 8.66. The molecule has 0 saturated carbocycles. The van der Waals surface area contributed by atoms with E-state index in [1.807, 2.05) is 0 Å². The van der Waals surface area contributed by atoms with E-state index in [1.165, 1.54) is 33.4 Å². The van der Waals surface area contributed by atoms with Crippen LogP contribution in [-0.4, -0.2) is 29.1 Å². The first-order valence-electron chi connectivity index (χ1n) is 10.2. The SMILES string of the molecule is CC1=C(CCN2CCc3ccc(CCC(=O)NO)cc3C2)c2ccccc2C1. The summed E-state index contributed by atoms with van der Waals surface area (Å²) in [6, 6.07) is 15.4. The molecular weight excluding hydrogens is 348 g/mol. The van der Waals surface area contributed by atoms with Crippen molar-refractivity contribution in [2.45, 2.75) is 45.6 Å². The van der Waals surface area contributed by atoms with Crippen LogP contribution in [0.4, 0.5) is 0 Å². The largest absolute Gasteiger partial charge is 0.298 e. The molecule has 1 aliphatic heterocycles. The fraction of sp³-hybridized carbons (Fsp3) is 0.375. The maximum atomic E-state index is 11.3. The van der Waals surface area contributed by atoms with Crippen molar-refractivity contribution in [3.8, 4) is 0 Å². The lowest BCUT2D eigenvalue weighted by Gasteiger charge is -2.29. The molecule has 2 aliphatic rings. The van der Waals surface area contributed by atoms with E-state index in [1.54, 1.807) is 5.48 Å². The minimum Gasteiger partial charge on any atom is -0.298 e. The standard InChI is InChI=1S/C24H28N2O2/c1-17-14-20-4-2-3-5-23(20)22(17)11-13-26-12-10-19-8-6-18(15-21(19)16-26)7-9-24(27)25-28/h2-6,8,15,28H,7,9-14,16H2,1H3,(H,25,27). The second kappa shape index (κ2) is 8.29. The average Bonchev–Trinajstić information content (AvgIpc) is 3.05. The van der Waals surface area contributed by atoms with Crippen molar-refractivity contribution >= 4 is 11.5 Å². The van der Waals surface area contributed by atoms with Crippen LogP contribution in [0.1, 0.15) is 47.6 Å². The molecule has 0 aromatic heterocycles.